The summed E-state index contributed by atoms with van der Waals surface area (Å²) in [5.74, 6) is 1.66. The van der Waals surface area contributed by atoms with Crippen LogP contribution in [0, 0.1) is 5.41 Å². The van der Waals surface area contributed by atoms with Gasteiger partial charge in [-0.05, 0) is 64.8 Å². The van der Waals surface area contributed by atoms with E-state index in [0.717, 1.165) is 50.5 Å². The minimum atomic E-state index is -0.442. The molecule has 0 N–H and O–H groups in total. The molecule has 1 amide bonds. The molecule has 1 aromatic rings. The highest BCUT2D eigenvalue weighted by Gasteiger charge is 2.46. The summed E-state index contributed by atoms with van der Waals surface area (Å²) in [6.07, 6.45) is 2.00. The number of carbonyl (C=O) groups is 1. The monoisotopic (exact) mass is 374 g/mol. The number of likely N-dealkylation sites (tertiary alicyclic amines) is 2. The summed E-state index contributed by atoms with van der Waals surface area (Å²) < 4.78 is 16.5. The highest BCUT2D eigenvalue weighted by Crippen LogP contribution is 2.43. The lowest BCUT2D eigenvalue weighted by Crippen LogP contribution is -2.38. The van der Waals surface area contributed by atoms with E-state index in [0.29, 0.717) is 12.8 Å². The van der Waals surface area contributed by atoms with E-state index >= 15 is 0 Å². The summed E-state index contributed by atoms with van der Waals surface area (Å²) in [6.45, 7) is 12.0. The van der Waals surface area contributed by atoms with Gasteiger partial charge in [0.25, 0.3) is 0 Å². The zero-order valence-electron chi connectivity index (χ0n) is 16.8. The Kier molecular flexibility index (Phi) is 4.49. The zero-order valence-corrected chi connectivity index (χ0v) is 16.8. The van der Waals surface area contributed by atoms with Gasteiger partial charge in [0.15, 0.2) is 11.5 Å². The fourth-order valence-corrected chi connectivity index (χ4v) is 4.43. The molecule has 2 fully saturated rings. The van der Waals surface area contributed by atoms with E-state index in [1.807, 2.05) is 31.7 Å². The third-order valence-electron chi connectivity index (χ3n) is 5.98. The average molecular weight is 374 g/mol. The van der Waals surface area contributed by atoms with Crippen LogP contribution in [0.3, 0.4) is 0 Å². The molecule has 1 aromatic carbocycles. The molecular weight excluding hydrogens is 344 g/mol. The number of rotatable bonds is 2. The zero-order chi connectivity index (χ0) is 19.2. The Morgan fingerprint density at radius 2 is 1.89 bits per heavy atom. The Hall–Kier alpha value is -1.95. The Morgan fingerprint density at radius 1 is 1.15 bits per heavy atom. The predicted octanol–water partition coefficient (Wildman–Crippen LogP) is 3.81. The van der Waals surface area contributed by atoms with Crippen molar-refractivity contribution in [3.05, 3.63) is 23.8 Å². The fourth-order valence-electron chi connectivity index (χ4n) is 4.43. The molecule has 0 radical (unpaired) electrons. The first-order valence-electron chi connectivity index (χ1n) is 9.86. The molecule has 2 unspecified atom stereocenters. The van der Waals surface area contributed by atoms with Gasteiger partial charge in [-0.15, -0.1) is 0 Å². The Bertz CT molecular complexity index is 729. The molecule has 0 bridgehead atoms. The summed E-state index contributed by atoms with van der Waals surface area (Å²) in [7, 11) is 0. The first-order valence-corrected chi connectivity index (χ1v) is 9.86. The molecule has 0 aliphatic carbocycles. The van der Waals surface area contributed by atoms with Crippen molar-refractivity contribution in [2.75, 3.05) is 33.0 Å². The van der Waals surface area contributed by atoms with Crippen LogP contribution < -0.4 is 9.47 Å². The van der Waals surface area contributed by atoms with Crippen LogP contribution in [0.25, 0.3) is 0 Å². The van der Waals surface area contributed by atoms with Crippen molar-refractivity contribution in [2.45, 2.75) is 52.2 Å². The fraction of sp³-hybridized carbons (Fsp3) is 0.667. The minimum Gasteiger partial charge on any atom is -0.454 e. The third kappa shape index (κ3) is 3.72. The normalized spacial score (nSPS) is 26.0. The van der Waals surface area contributed by atoms with Crippen LogP contribution in [-0.4, -0.2) is 54.5 Å². The molecule has 3 heterocycles. The average Bonchev–Trinajstić information content (AvgIpc) is 3.32. The van der Waals surface area contributed by atoms with Gasteiger partial charge in [0.2, 0.25) is 6.79 Å². The van der Waals surface area contributed by atoms with E-state index in [2.05, 4.69) is 24.0 Å². The number of hydrogen-bond acceptors (Lipinski definition) is 5. The molecule has 3 aliphatic heterocycles. The number of hydrogen-bond donors (Lipinski definition) is 0. The quantitative estimate of drug-likeness (QED) is 0.788. The molecule has 3 aliphatic rings. The number of amides is 1. The van der Waals surface area contributed by atoms with Gasteiger partial charge >= 0.3 is 6.09 Å². The molecule has 1 spiro atoms. The Balaban J connectivity index is 1.39. The first-order chi connectivity index (χ1) is 12.7. The van der Waals surface area contributed by atoms with Gasteiger partial charge in [-0.3, -0.25) is 4.90 Å². The van der Waals surface area contributed by atoms with E-state index in [4.69, 9.17) is 14.2 Å². The smallest absolute Gasteiger partial charge is 0.410 e. The van der Waals surface area contributed by atoms with Gasteiger partial charge in [-0.1, -0.05) is 6.07 Å². The van der Waals surface area contributed by atoms with Crippen molar-refractivity contribution in [1.82, 2.24) is 9.80 Å². The van der Waals surface area contributed by atoms with E-state index in [1.165, 1.54) is 5.56 Å². The summed E-state index contributed by atoms with van der Waals surface area (Å²) in [4.78, 5) is 16.8. The lowest BCUT2D eigenvalue weighted by atomic mass is 9.86. The van der Waals surface area contributed by atoms with Gasteiger partial charge < -0.3 is 19.1 Å². The van der Waals surface area contributed by atoms with Gasteiger partial charge in [0, 0.05) is 31.1 Å². The van der Waals surface area contributed by atoms with Crippen LogP contribution >= 0.6 is 0 Å². The van der Waals surface area contributed by atoms with Gasteiger partial charge in [0.05, 0.1) is 0 Å². The van der Waals surface area contributed by atoms with Crippen LogP contribution in [0.1, 0.15) is 52.1 Å². The summed E-state index contributed by atoms with van der Waals surface area (Å²) in [5.41, 5.74) is 1.00. The summed E-state index contributed by atoms with van der Waals surface area (Å²) >= 11 is 0. The highest BCUT2D eigenvalue weighted by atomic mass is 16.7. The van der Waals surface area contributed by atoms with Crippen molar-refractivity contribution in [2.24, 2.45) is 5.41 Å². The van der Waals surface area contributed by atoms with Gasteiger partial charge in [-0.2, -0.15) is 0 Å². The standard InChI is InChI=1S/C21H30N2O4/c1-15(16-5-6-17-18(11-16)26-14-25-17)22-9-7-21(12-22)8-10-23(13-21)19(24)27-20(2,3)4/h5-6,11,15H,7-10,12-14H2,1-4H3. The molecule has 148 valence electrons. The van der Waals surface area contributed by atoms with Crippen molar-refractivity contribution in [3.63, 3.8) is 0 Å². The second-order valence-electron chi connectivity index (χ2n) is 9.16. The van der Waals surface area contributed by atoms with E-state index in [9.17, 15) is 4.79 Å². The second kappa shape index (κ2) is 6.59. The maximum atomic E-state index is 12.4. The minimum absolute atomic E-state index is 0.179. The Labute approximate surface area is 161 Å². The van der Waals surface area contributed by atoms with Crippen LogP contribution in [-0.2, 0) is 4.74 Å². The topological polar surface area (TPSA) is 51.2 Å². The SMILES string of the molecule is CC(c1ccc2c(c1)OCO2)N1CCC2(CCN(C(=O)OC(C)(C)C)C2)C1. The molecule has 4 rings (SSSR count). The largest absolute Gasteiger partial charge is 0.454 e. The number of carbonyl (C=O) groups excluding carboxylic acids is 1. The second-order valence-corrected chi connectivity index (χ2v) is 9.16. The van der Waals surface area contributed by atoms with Crippen LogP contribution in [0.4, 0.5) is 4.79 Å². The summed E-state index contributed by atoms with van der Waals surface area (Å²) in [5, 5.41) is 0. The van der Waals surface area contributed by atoms with Gasteiger partial charge in [-0.25, -0.2) is 4.79 Å². The van der Waals surface area contributed by atoms with Crippen molar-refractivity contribution < 1.29 is 19.0 Å². The number of benzene rings is 1. The summed E-state index contributed by atoms with van der Waals surface area (Å²) in [6, 6.07) is 6.54. The van der Waals surface area contributed by atoms with Crippen LogP contribution in [0.15, 0.2) is 18.2 Å². The first kappa shape index (κ1) is 18.4. The van der Waals surface area contributed by atoms with E-state index < -0.39 is 5.60 Å². The molecule has 0 aromatic heterocycles. The Morgan fingerprint density at radius 3 is 2.67 bits per heavy atom. The molecule has 27 heavy (non-hydrogen) atoms. The number of ether oxygens (including phenoxy) is 3. The van der Waals surface area contributed by atoms with Crippen molar-refractivity contribution in [1.29, 1.82) is 0 Å². The molecule has 2 saturated heterocycles. The van der Waals surface area contributed by atoms with Gasteiger partial charge in [0.1, 0.15) is 5.60 Å². The maximum Gasteiger partial charge on any atom is 0.410 e. The number of fused-ring (bicyclic) bond motifs is 1. The molecular formula is C21H30N2O4. The predicted molar refractivity (Wildman–Crippen MR) is 102 cm³/mol. The van der Waals surface area contributed by atoms with E-state index in [1.54, 1.807) is 0 Å². The van der Waals surface area contributed by atoms with Crippen molar-refractivity contribution >= 4 is 6.09 Å². The van der Waals surface area contributed by atoms with Crippen LogP contribution in [0.2, 0.25) is 0 Å². The maximum absolute atomic E-state index is 12.4. The van der Waals surface area contributed by atoms with Crippen LogP contribution in [0.5, 0.6) is 11.5 Å². The molecule has 0 saturated carbocycles. The molecule has 6 heteroatoms. The third-order valence-corrected chi connectivity index (χ3v) is 5.98. The lowest BCUT2D eigenvalue weighted by molar-refractivity contribution is 0.0273. The molecule has 6 nitrogen and oxygen atoms in total. The van der Waals surface area contributed by atoms with Crippen molar-refractivity contribution in [3.8, 4) is 11.5 Å². The lowest BCUT2D eigenvalue weighted by Gasteiger charge is -2.29. The molecule has 2 atom stereocenters. The number of nitrogens with zero attached hydrogens (tertiary/aromatic N) is 2. The highest BCUT2D eigenvalue weighted by molar-refractivity contribution is 5.68. The van der Waals surface area contributed by atoms with E-state index in [-0.39, 0.29) is 11.5 Å².